The first-order chi connectivity index (χ1) is 13.6. The minimum atomic E-state index is -0.664. The van der Waals surface area contributed by atoms with E-state index in [0.29, 0.717) is 17.7 Å². The summed E-state index contributed by atoms with van der Waals surface area (Å²) in [6.07, 6.45) is 0.988. The van der Waals surface area contributed by atoms with Crippen LogP contribution in [0.1, 0.15) is 17.3 Å². The van der Waals surface area contributed by atoms with Crippen molar-refractivity contribution in [2.45, 2.75) is 6.92 Å². The van der Waals surface area contributed by atoms with E-state index in [-0.39, 0.29) is 5.97 Å². The summed E-state index contributed by atoms with van der Waals surface area (Å²) in [7, 11) is 7.65. The van der Waals surface area contributed by atoms with E-state index in [1.807, 2.05) is 38.0 Å². The maximum Gasteiger partial charge on any atom is 0.349 e. The van der Waals surface area contributed by atoms with Gasteiger partial charge in [-0.3, -0.25) is 0 Å². The SMILES string of the molecule is C=C(C)C(=O)OCCN(C)C.C=COC(=O)COC(=O)c1ccc(N(C)C)cc1. The van der Waals surface area contributed by atoms with Crippen LogP contribution < -0.4 is 4.90 Å². The van der Waals surface area contributed by atoms with Gasteiger partial charge in [-0.05, 0) is 45.3 Å². The van der Waals surface area contributed by atoms with E-state index in [1.165, 1.54) is 0 Å². The topological polar surface area (TPSA) is 85.4 Å². The summed E-state index contributed by atoms with van der Waals surface area (Å²) in [4.78, 5) is 37.2. The summed E-state index contributed by atoms with van der Waals surface area (Å²) >= 11 is 0. The van der Waals surface area contributed by atoms with Gasteiger partial charge in [-0.2, -0.15) is 0 Å². The van der Waals surface area contributed by atoms with Gasteiger partial charge < -0.3 is 24.0 Å². The molecule has 0 amide bonds. The minimum Gasteiger partial charge on any atom is -0.461 e. The molecule has 0 aliphatic rings. The molecule has 1 rings (SSSR count). The Morgan fingerprint density at radius 1 is 1.03 bits per heavy atom. The molecule has 0 saturated heterocycles. The first-order valence-electron chi connectivity index (χ1n) is 8.80. The predicted octanol–water partition coefficient (Wildman–Crippen LogP) is 2.26. The van der Waals surface area contributed by atoms with E-state index in [4.69, 9.17) is 9.47 Å². The fourth-order valence-electron chi connectivity index (χ4n) is 1.67. The number of ether oxygens (including phenoxy) is 3. The Balaban J connectivity index is 0.000000614. The Morgan fingerprint density at radius 3 is 2.07 bits per heavy atom. The number of benzene rings is 1. The molecule has 0 bridgehead atoms. The molecule has 0 heterocycles. The quantitative estimate of drug-likeness (QED) is 0.267. The average Bonchev–Trinajstić information content (AvgIpc) is 2.66. The van der Waals surface area contributed by atoms with Gasteiger partial charge in [-0.25, -0.2) is 14.4 Å². The number of carbonyl (C=O) groups excluding carboxylic acids is 3. The summed E-state index contributed by atoms with van der Waals surface area (Å²) in [5.41, 5.74) is 1.80. The van der Waals surface area contributed by atoms with Crippen LogP contribution in [0.25, 0.3) is 0 Å². The van der Waals surface area contributed by atoms with Crippen molar-refractivity contribution >= 4 is 23.6 Å². The van der Waals surface area contributed by atoms with Gasteiger partial charge in [0.15, 0.2) is 6.61 Å². The highest BCUT2D eigenvalue weighted by Gasteiger charge is 2.10. The highest BCUT2D eigenvalue weighted by atomic mass is 16.6. The molecule has 0 atom stereocenters. The molecule has 160 valence electrons. The minimum absolute atomic E-state index is 0.313. The molecule has 0 N–H and O–H groups in total. The molecule has 8 heteroatoms. The zero-order chi connectivity index (χ0) is 22.4. The third-order valence-corrected chi connectivity index (χ3v) is 3.28. The molecule has 0 fully saturated rings. The Hall–Kier alpha value is -3.13. The lowest BCUT2D eigenvalue weighted by molar-refractivity contribution is -0.141. The molecule has 0 aromatic heterocycles. The largest absolute Gasteiger partial charge is 0.461 e. The second kappa shape index (κ2) is 14.0. The van der Waals surface area contributed by atoms with Gasteiger partial charge >= 0.3 is 17.9 Å². The van der Waals surface area contributed by atoms with Crippen molar-refractivity contribution in [1.82, 2.24) is 4.90 Å². The van der Waals surface area contributed by atoms with Gasteiger partial charge in [-0.15, -0.1) is 0 Å². The number of hydrogen-bond donors (Lipinski definition) is 0. The fraction of sp³-hybridized carbons (Fsp3) is 0.381. The van der Waals surface area contributed by atoms with Crippen molar-refractivity contribution in [2.75, 3.05) is 52.8 Å². The Labute approximate surface area is 172 Å². The van der Waals surface area contributed by atoms with Crippen LogP contribution in [0.5, 0.6) is 0 Å². The van der Waals surface area contributed by atoms with Crippen molar-refractivity contribution in [3.05, 3.63) is 54.8 Å². The molecule has 0 radical (unpaired) electrons. The zero-order valence-electron chi connectivity index (χ0n) is 17.8. The lowest BCUT2D eigenvalue weighted by Gasteiger charge is -2.12. The lowest BCUT2D eigenvalue weighted by atomic mass is 10.2. The normalized spacial score (nSPS) is 9.59. The first kappa shape index (κ1) is 25.9. The van der Waals surface area contributed by atoms with Crippen molar-refractivity contribution in [2.24, 2.45) is 0 Å². The number of likely N-dealkylation sites (N-methyl/N-ethyl adjacent to an activating group) is 1. The molecule has 1 aromatic carbocycles. The van der Waals surface area contributed by atoms with Crippen molar-refractivity contribution < 1.29 is 28.6 Å². The summed E-state index contributed by atoms with van der Waals surface area (Å²) in [5, 5.41) is 0. The van der Waals surface area contributed by atoms with E-state index >= 15 is 0 Å². The van der Waals surface area contributed by atoms with Gasteiger partial charge in [0.05, 0.1) is 11.8 Å². The fourth-order valence-corrected chi connectivity index (χ4v) is 1.67. The van der Waals surface area contributed by atoms with Crippen molar-refractivity contribution in [1.29, 1.82) is 0 Å². The van der Waals surface area contributed by atoms with E-state index in [1.54, 1.807) is 31.2 Å². The van der Waals surface area contributed by atoms with Gasteiger partial charge in [0.2, 0.25) is 0 Å². The Kier molecular flexibility index (Phi) is 12.4. The number of rotatable bonds is 9. The smallest absolute Gasteiger partial charge is 0.349 e. The van der Waals surface area contributed by atoms with Gasteiger partial charge in [-0.1, -0.05) is 13.2 Å². The van der Waals surface area contributed by atoms with Gasteiger partial charge in [0.1, 0.15) is 6.61 Å². The lowest BCUT2D eigenvalue weighted by Crippen LogP contribution is -2.20. The van der Waals surface area contributed by atoms with E-state index in [9.17, 15) is 14.4 Å². The Bertz CT molecular complexity index is 696. The third kappa shape index (κ3) is 12.0. The van der Waals surface area contributed by atoms with Crippen LogP contribution in [-0.2, 0) is 23.8 Å². The maximum atomic E-state index is 11.6. The summed E-state index contributed by atoms with van der Waals surface area (Å²) in [5.74, 6) is -1.54. The number of hydrogen-bond acceptors (Lipinski definition) is 8. The highest BCUT2D eigenvalue weighted by molar-refractivity contribution is 5.91. The van der Waals surface area contributed by atoms with Crippen LogP contribution in [0.15, 0.2) is 49.3 Å². The molecule has 0 spiro atoms. The molecule has 1 aromatic rings. The Morgan fingerprint density at radius 2 is 1.62 bits per heavy atom. The monoisotopic (exact) mass is 406 g/mol. The molecule has 29 heavy (non-hydrogen) atoms. The zero-order valence-corrected chi connectivity index (χ0v) is 17.8. The molecule has 0 aliphatic heterocycles. The second-order valence-electron chi connectivity index (χ2n) is 6.39. The standard InChI is InChI=1S/C13H15NO4.C8H15NO2/c1-4-17-12(15)9-18-13(16)10-5-7-11(8-6-10)14(2)3;1-7(2)8(10)11-6-5-9(3)4/h4-8H,1,9H2,2-3H3;1,5-6H2,2-4H3. The molecular formula is C21H30N2O6. The molecule has 0 aliphatic carbocycles. The molecule has 0 unspecified atom stereocenters. The van der Waals surface area contributed by atoms with Crippen LogP contribution in [0.4, 0.5) is 5.69 Å². The predicted molar refractivity (Wildman–Crippen MR) is 112 cm³/mol. The third-order valence-electron chi connectivity index (χ3n) is 3.28. The van der Waals surface area contributed by atoms with E-state index < -0.39 is 18.5 Å². The van der Waals surface area contributed by atoms with Crippen molar-refractivity contribution in [3.63, 3.8) is 0 Å². The van der Waals surface area contributed by atoms with Crippen LogP contribution in [0, 0.1) is 0 Å². The van der Waals surface area contributed by atoms with Crippen LogP contribution in [0.3, 0.4) is 0 Å². The summed E-state index contributed by atoms with van der Waals surface area (Å²) in [6, 6.07) is 6.85. The summed E-state index contributed by atoms with van der Waals surface area (Å²) < 4.78 is 14.0. The summed E-state index contributed by atoms with van der Waals surface area (Å²) in [6.45, 7) is 9.07. The average molecular weight is 406 g/mol. The highest BCUT2D eigenvalue weighted by Crippen LogP contribution is 2.12. The van der Waals surface area contributed by atoms with Crippen LogP contribution in [-0.4, -0.2) is 70.8 Å². The van der Waals surface area contributed by atoms with Crippen LogP contribution >= 0.6 is 0 Å². The molecular weight excluding hydrogens is 376 g/mol. The van der Waals surface area contributed by atoms with Gasteiger partial charge in [0.25, 0.3) is 0 Å². The number of esters is 3. The number of carbonyl (C=O) groups is 3. The first-order valence-corrected chi connectivity index (χ1v) is 8.80. The van der Waals surface area contributed by atoms with Gasteiger partial charge in [0, 0.05) is 31.9 Å². The number of nitrogens with zero attached hydrogens (tertiary/aromatic N) is 2. The second-order valence-corrected chi connectivity index (χ2v) is 6.39. The van der Waals surface area contributed by atoms with E-state index in [2.05, 4.69) is 17.9 Å². The van der Waals surface area contributed by atoms with Crippen molar-refractivity contribution in [3.8, 4) is 0 Å². The maximum absolute atomic E-state index is 11.6. The number of anilines is 1. The molecule has 8 nitrogen and oxygen atoms in total. The van der Waals surface area contributed by atoms with E-state index in [0.717, 1.165) is 18.5 Å². The molecule has 0 saturated carbocycles. The van der Waals surface area contributed by atoms with Crippen LogP contribution in [0.2, 0.25) is 0 Å².